The van der Waals surface area contributed by atoms with Crippen molar-refractivity contribution in [1.29, 1.82) is 0 Å². The van der Waals surface area contributed by atoms with Crippen LogP contribution in [0.5, 0.6) is 0 Å². The number of hydrogen-bond acceptors (Lipinski definition) is 0. The normalized spacial score (nSPS) is 11.8. The van der Waals surface area contributed by atoms with E-state index in [4.69, 9.17) is 11.6 Å². The molecule has 0 spiro atoms. The van der Waals surface area contributed by atoms with Gasteiger partial charge in [-0.3, -0.25) is 0 Å². The standard InChI is InChI=1S/C8H5ClF4/c1-4-2-7(10)5(3-6(4)9)8(11,12)13/h2-3H,1H3. The van der Waals surface area contributed by atoms with E-state index in [9.17, 15) is 17.6 Å². The predicted octanol–water partition coefficient (Wildman–Crippen LogP) is 3.81. The first-order valence-corrected chi connectivity index (χ1v) is 3.73. The van der Waals surface area contributed by atoms with Crippen LogP contribution in [0.2, 0.25) is 5.02 Å². The van der Waals surface area contributed by atoms with Crippen LogP contribution < -0.4 is 0 Å². The van der Waals surface area contributed by atoms with Crippen LogP contribution in [-0.2, 0) is 6.18 Å². The molecule has 0 aliphatic carbocycles. The Labute approximate surface area is 77.1 Å². The molecule has 0 aliphatic rings. The van der Waals surface area contributed by atoms with Gasteiger partial charge in [0.2, 0.25) is 0 Å². The minimum Gasteiger partial charge on any atom is -0.206 e. The first kappa shape index (κ1) is 10.3. The van der Waals surface area contributed by atoms with Crippen LogP contribution in [0.3, 0.4) is 0 Å². The highest BCUT2D eigenvalue weighted by Gasteiger charge is 2.34. The Hall–Kier alpha value is -0.770. The molecular weight excluding hydrogens is 208 g/mol. The summed E-state index contributed by atoms with van der Waals surface area (Å²) in [6.07, 6.45) is -4.69. The summed E-state index contributed by atoms with van der Waals surface area (Å²) >= 11 is 5.43. The fourth-order valence-electron chi connectivity index (χ4n) is 0.864. The monoisotopic (exact) mass is 212 g/mol. The summed E-state index contributed by atoms with van der Waals surface area (Å²) in [6.45, 7) is 1.44. The van der Waals surface area contributed by atoms with Crippen LogP contribution in [-0.4, -0.2) is 0 Å². The van der Waals surface area contributed by atoms with E-state index in [1.54, 1.807) is 0 Å². The van der Waals surface area contributed by atoms with E-state index >= 15 is 0 Å². The molecule has 72 valence electrons. The lowest BCUT2D eigenvalue weighted by Crippen LogP contribution is -2.08. The molecule has 0 saturated carbocycles. The van der Waals surface area contributed by atoms with Gasteiger partial charge in [0.25, 0.3) is 0 Å². The SMILES string of the molecule is Cc1cc(F)c(C(F)(F)F)cc1Cl. The quantitative estimate of drug-likeness (QED) is 0.574. The minimum atomic E-state index is -4.69. The third-order valence-corrected chi connectivity index (χ3v) is 1.96. The molecule has 0 amide bonds. The van der Waals surface area contributed by atoms with E-state index < -0.39 is 17.6 Å². The van der Waals surface area contributed by atoms with Gasteiger partial charge in [-0.05, 0) is 24.6 Å². The highest BCUT2D eigenvalue weighted by Crippen LogP contribution is 2.34. The third-order valence-electron chi connectivity index (χ3n) is 1.55. The van der Waals surface area contributed by atoms with Crippen LogP contribution in [0.15, 0.2) is 12.1 Å². The molecule has 1 aromatic carbocycles. The number of aryl methyl sites for hydroxylation is 1. The Bertz CT molecular complexity index is 330. The van der Waals surface area contributed by atoms with Gasteiger partial charge >= 0.3 is 6.18 Å². The maximum atomic E-state index is 12.7. The molecule has 0 saturated heterocycles. The lowest BCUT2D eigenvalue weighted by atomic mass is 10.1. The van der Waals surface area contributed by atoms with E-state index in [0.717, 1.165) is 6.07 Å². The zero-order chi connectivity index (χ0) is 10.2. The van der Waals surface area contributed by atoms with Crippen LogP contribution in [0.25, 0.3) is 0 Å². The Morgan fingerprint density at radius 1 is 1.23 bits per heavy atom. The van der Waals surface area contributed by atoms with Crippen LogP contribution in [0.1, 0.15) is 11.1 Å². The maximum Gasteiger partial charge on any atom is 0.419 e. The number of alkyl halides is 3. The Morgan fingerprint density at radius 2 is 1.77 bits per heavy atom. The number of hydrogen-bond donors (Lipinski definition) is 0. The molecule has 0 radical (unpaired) electrons. The van der Waals surface area contributed by atoms with Crippen LogP contribution >= 0.6 is 11.6 Å². The molecule has 0 bridgehead atoms. The third kappa shape index (κ3) is 2.12. The summed E-state index contributed by atoms with van der Waals surface area (Å²) in [5.41, 5.74) is -1.05. The Kier molecular flexibility index (Phi) is 2.52. The molecule has 0 N–H and O–H groups in total. The van der Waals surface area contributed by atoms with Crippen molar-refractivity contribution in [3.63, 3.8) is 0 Å². The second-order valence-corrected chi connectivity index (χ2v) is 2.99. The summed E-state index contributed by atoms with van der Waals surface area (Å²) in [5, 5.41) is -0.0891. The van der Waals surface area contributed by atoms with Crippen molar-refractivity contribution in [2.75, 3.05) is 0 Å². The average Bonchev–Trinajstić information content (AvgIpc) is 1.94. The van der Waals surface area contributed by atoms with Crippen molar-refractivity contribution in [3.8, 4) is 0 Å². The molecule has 0 fully saturated rings. The highest BCUT2D eigenvalue weighted by atomic mass is 35.5. The molecular formula is C8H5ClF4. The van der Waals surface area contributed by atoms with Gasteiger partial charge in [-0.2, -0.15) is 13.2 Å². The van der Waals surface area contributed by atoms with Gasteiger partial charge in [0.1, 0.15) is 5.82 Å². The van der Waals surface area contributed by atoms with Gasteiger partial charge in [-0.15, -0.1) is 0 Å². The first-order chi connectivity index (χ1) is 5.82. The van der Waals surface area contributed by atoms with E-state index in [-0.39, 0.29) is 10.6 Å². The Morgan fingerprint density at radius 3 is 2.23 bits per heavy atom. The number of halogens is 5. The van der Waals surface area contributed by atoms with Gasteiger partial charge in [0, 0.05) is 5.02 Å². The van der Waals surface area contributed by atoms with Gasteiger partial charge in [0.05, 0.1) is 5.56 Å². The van der Waals surface area contributed by atoms with Crippen LogP contribution in [0.4, 0.5) is 17.6 Å². The zero-order valence-corrected chi connectivity index (χ0v) is 7.30. The Balaban J connectivity index is 3.32. The van der Waals surface area contributed by atoms with Gasteiger partial charge in [0.15, 0.2) is 0 Å². The van der Waals surface area contributed by atoms with Gasteiger partial charge < -0.3 is 0 Å². The second-order valence-electron chi connectivity index (χ2n) is 2.58. The molecule has 0 nitrogen and oxygen atoms in total. The topological polar surface area (TPSA) is 0 Å². The molecule has 0 aliphatic heterocycles. The summed E-state index contributed by atoms with van der Waals surface area (Å²) in [5.74, 6) is -1.30. The van der Waals surface area contributed by atoms with Crippen molar-refractivity contribution in [3.05, 3.63) is 34.1 Å². The molecule has 0 heterocycles. The molecule has 5 heteroatoms. The highest BCUT2D eigenvalue weighted by molar-refractivity contribution is 6.31. The van der Waals surface area contributed by atoms with Crippen molar-refractivity contribution in [2.24, 2.45) is 0 Å². The summed E-state index contributed by atoms with van der Waals surface area (Å²) in [4.78, 5) is 0. The lowest BCUT2D eigenvalue weighted by molar-refractivity contribution is -0.140. The molecule has 13 heavy (non-hydrogen) atoms. The molecule has 0 aromatic heterocycles. The predicted molar refractivity (Wildman–Crippen MR) is 41.1 cm³/mol. The molecule has 0 atom stereocenters. The maximum absolute atomic E-state index is 12.7. The zero-order valence-electron chi connectivity index (χ0n) is 6.54. The first-order valence-electron chi connectivity index (χ1n) is 3.35. The fourth-order valence-corrected chi connectivity index (χ4v) is 1.03. The number of rotatable bonds is 0. The van der Waals surface area contributed by atoms with Crippen molar-refractivity contribution >= 4 is 11.6 Å². The van der Waals surface area contributed by atoms with E-state index in [1.807, 2.05) is 0 Å². The molecule has 0 unspecified atom stereocenters. The van der Waals surface area contributed by atoms with E-state index in [0.29, 0.717) is 6.07 Å². The van der Waals surface area contributed by atoms with Crippen LogP contribution in [0, 0.1) is 12.7 Å². The average molecular weight is 213 g/mol. The second kappa shape index (κ2) is 3.18. The fraction of sp³-hybridized carbons (Fsp3) is 0.250. The van der Waals surface area contributed by atoms with E-state index in [1.165, 1.54) is 6.92 Å². The number of benzene rings is 1. The van der Waals surface area contributed by atoms with Crippen molar-refractivity contribution in [1.82, 2.24) is 0 Å². The van der Waals surface area contributed by atoms with Crippen molar-refractivity contribution < 1.29 is 17.6 Å². The minimum absolute atomic E-state index is 0.0891. The van der Waals surface area contributed by atoms with Crippen molar-refractivity contribution in [2.45, 2.75) is 13.1 Å². The largest absolute Gasteiger partial charge is 0.419 e. The van der Waals surface area contributed by atoms with E-state index in [2.05, 4.69) is 0 Å². The van der Waals surface area contributed by atoms with Gasteiger partial charge in [-0.1, -0.05) is 11.6 Å². The molecule has 1 rings (SSSR count). The summed E-state index contributed by atoms with van der Waals surface area (Å²) in [7, 11) is 0. The lowest BCUT2D eigenvalue weighted by Gasteiger charge is -2.09. The molecule has 1 aromatic rings. The smallest absolute Gasteiger partial charge is 0.206 e. The van der Waals surface area contributed by atoms with Gasteiger partial charge in [-0.25, -0.2) is 4.39 Å². The summed E-state index contributed by atoms with van der Waals surface area (Å²) in [6, 6.07) is 1.36. The summed E-state index contributed by atoms with van der Waals surface area (Å²) < 4.78 is 48.9.